The van der Waals surface area contributed by atoms with E-state index in [9.17, 15) is 9.59 Å². The fraction of sp³-hybridized carbons (Fsp3) is 0.0870. The molecule has 3 N–H and O–H groups in total. The van der Waals surface area contributed by atoms with Crippen molar-refractivity contribution in [3.05, 3.63) is 94.0 Å². The summed E-state index contributed by atoms with van der Waals surface area (Å²) in [5, 5.41) is 12.5. The van der Waals surface area contributed by atoms with Crippen molar-refractivity contribution >= 4 is 23.2 Å². The van der Waals surface area contributed by atoms with Gasteiger partial charge in [0, 0.05) is 40.0 Å². The number of benzene rings is 2. The van der Waals surface area contributed by atoms with Crippen LogP contribution in [0.4, 0.5) is 17.3 Å². The zero-order valence-electron chi connectivity index (χ0n) is 17.0. The summed E-state index contributed by atoms with van der Waals surface area (Å²) in [4.78, 5) is 32.7. The molecule has 0 saturated heterocycles. The van der Waals surface area contributed by atoms with E-state index in [1.807, 2.05) is 38.1 Å². The highest BCUT2D eigenvalue weighted by molar-refractivity contribution is 6.05. The minimum Gasteiger partial charge on any atom is -0.324 e. The Kier molecular flexibility index (Phi) is 5.53. The first-order valence-electron chi connectivity index (χ1n) is 9.63. The standard InChI is InChI=1S/C23H20N6O2/c1-14-11-15(2)25-23(24-14)27-19-8-4-6-17(13-19)22(31)26-18-7-3-5-16(12-18)20-9-10-21(30)29-28-20/h3-13H,1-2H3,(H,26,31)(H,29,30)(H,24,25,27). The Bertz CT molecular complexity index is 1270. The van der Waals surface area contributed by atoms with Crippen molar-refractivity contribution in [2.24, 2.45) is 0 Å². The van der Waals surface area contributed by atoms with Crippen LogP contribution in [0.5, 0.6) is 0 Å². The van der Waals surface area contributed by atoms with E-state index in [-0.39, 0.29) is 11.5 Å². The number of aromatic nitrogens is 4. The lowest BCUT2D eigenvalue weighted by Gasteiger charge is -2.10. The molecular formula is C23H20N6O2. The van der Waals surface area contributed by atoms with Gasteiger partial charge in [0.25, 0.3) is 11.5 Å². The summed E-state index contributed by atoms with van der Waals surface area (Å²) in [5.41, 5.74) is 4.65. The Hall–Kier alpha value is -4.33. The van der Waals surface area contributed by atoms with Crippen molar-refractivity contribution in [1.82, 2.24) is 20.2 Å². The Morgan fingerprint density at radius 2 is 1.61 bits per heavy atom. The summed E-state index contributed by atoms with van der Waals surface area (Å²) in [7, 11) is 0. The molecule has 0 unspecified atom stereocenters. The minimum absolute atomic E-state index is 0.253. The molecule has 4 rings (SSSR count). The van der Waals surface area contributed by atoms with Crippen LogP contribution in [-0.2, 0) is 0 Å². The van der Waals surface area contributed by atoms with E-state index in [2.05, 4.69) is 30.8 Å². The van der Waals surface area contributed by atoms with Crippen LogP contribution in [0.3, 0.4) is 0 Å². The molecule has 0 radical (unpaired) electrons. The Morgan fingerprint density at radius 3 is 2.35 bits per heavy atom. The number of amides is 1. The summed E-state index contributed by atoms with van der Waals surface area (Å²) in [6, 6.07) is 19.3. The smallest absolute Gasteiger partial charge is 0.264 e. The Morgan fingerprint density at radius 1 is 0.871 bits per heavy atom. The number of rotatable bonds is 5. The summed E-state index contributed by atoms with van der Waals surface area (Å²) in [6.07, 6.45) is 0. The molecule has 1 amide bonds. The lowest BCUT2D eigenvalue weighted by Crippen LogP contribution is -2.12. The zero-order valence-corrected chi connectivity index (χ0v) is 17.0. The molecule has 2 aromatic heterocycles. The fourth-order valence-electron chi connectivity index (χ4n) is 3.11. The highest BCUT2D eigenvalue weighted by Crippen LogP contribution is 2.21. The van der Waals surface area contributed by atoms with Gasteiger partial charge in [0.1, 0.15) is 0 Å². The summed E-state index contributed by atoms with van der Waals surface area (Å²) in [5.74, 6) is 0.229. The molecule has 8 heteroatoms. The normalized spacial score (nSPS) is 10.5. The molecule has 2 aromatic carbocycles. The zero-order chi connectivity index (χ0) is 21.8. The molecule has 0 aliphatic rings. The highest BCUT2D eigenvalue weighted by atomic mass is 16.1. The topological polar surface area (TPSA) is 113 Å². The van der Waals surface area contributed by atoms with Gasteiger partial charge in [0.2, 0.25) is 5.95 Å². The maximum Gasteiger partial charge on any atom is 0.264 e. The molecule has 0 bridgehead atoms. The van der Waals surface area contributed by atoms with E-state index in [0.29, 0.717) is 28.6 Å². The first kappa shape index (κ1) is 20.0. The third-order valence-electron chi connectivity index (χ3n) is 4.46. The molecule has 0 saturated carbocycles. The number of aromatic amines is 1. The highest BCUT2D eigenvalue weighted by Gasteiger charge is 2.09. The van der Waals surface area contributed by atoms with Crippen molar-refractivity contribution < 1.29 is 4.79 Å². The second-order valence-electron chi connectivity index (χ2n) is 7.02. The van der Waals surface area contributed by atoms with Gasteiger partial charge in [-0.15, -0.1) is 0 Å². The van der Waals surface area contributed by atoms with Gasteiger partial charge in [0.15, 0.2) is 0 Å². The van der Waals surface area contributed by atoms with Gasteiger partial charge in [-0.05, 0) is 56.3 Å². The molecule has 0 aliphatic heterocycles. The molecule has 0 spiro atoms. The molecule has 0 atom stereocenters. The number of nitrogens with zero attached hydrogens (tertiary/aromatic N) is 3. The SMILES string of the molecule is Cc1cc(C)nc(Nc2cccc(C(=O)Nc3cccc(-c4ccc(=O)[nH]n4)c3)c2)n1. The van der Waals surface area contributed by atoms with Gasteiger partial charge in [0.05, 0.1) is 5.69 Å². The predicted molar refractivity (Wildman–Crippen MR) is 119 cm³/mol. The van der Waals surface area contributed by atoms with Crippen LogP contribution >= 0.6 is 0 Å². The first-order valence-corrected chi connectivity index (χ1v) is 9.63. The van der Waals surface area contributed by atoms with E-state index in [0.717, 1.165) is 17.0 Å². The number of carbonyl (C=O) groups is 1. The fourth-order valence-corrected chi connectivity index (χ4v) is 3.11. The van der Waals surface area contributed by atoms with Crippen molar-refractivity contribution in [1.29, 1.82) is 0 Å². The maximum absolute atomic E-state index is 12.8. The average Bonchev–Trinajstić information content (AvgIpc) is 2.74. The van der Waals surface area contributed by atoms with Gasteiger partial charge in [-0.3, -0.25) is 9.59 Å². The number of hydrogen-bond donors (Lipinski definition) is 3. The summed E-state index contributed by atoms with van der Waals surface area (Å²) >= 11 is 0. The molecule has 4 aromatic rings. The number of anilines is 3. The van der Waals surface area contributed by atoms with Crippen molar-refractivity contribution in [3.8, 4) is 11.3 Å². The van der Waals surface area contributed by atoms with Gasteiger partial charge < -0.3 is 10.6 Å². The molecular weight excluding hydrogens is 392 g/mol. The third kappa shape index (κ3) is 4.99. The van der Waals surface area contributed by atoms with Crippen molar-refractivity contribution in [2.75, 3.05) is 10.6 Å². The van der Waals surface area contributed by atoms with Gasteiger partial charge in [-0.2, -0.15) is 5.10 Å². The number of aryl methyl sites for hydroxylation is 2. The Labute approximate surface area is 178 Å². The molecule has 2 heterocycles. The van der Waals surface area contributed by atoms with Gasteiger partial charge in [-0.1, -0.05) is 18.2 Å². The van der Waals surface area contributed by atoms with E-state index in [1.54, 1.807) is 36.4 Å². The lowest BCUT2D eigenvalue weighted by atomic mass is 10.1. The lowest BCUT2D eigenvalue weighted by molar-refractivity contribution is 0.102. The molecule has 0 aliphatic carbocycles. The predicted octanol–water partition coefficient (Wildman–Crippen LogP) is 3.84. The first-order chi connectivity index (χ1) is 15.0. The van der Waals surface area contributed by atoms with Crippen LogP contribution in [0.25, 0.3) is 11.3 Å². The number of carbonyl (C=O) groups excluding carboxylic acids is 1. The molecule has 8 nitrogen and oxygen atoms in total. The van der Waals surface area contributed by atoms with Crippen LogP contribution < -0.4 is 16.2 Å². The summed E-state index contributed by atoms with van der Waals surface area (Å²) in [6.45, 7) is 3.81. The number of H-pyrrole nitrogens is 1. The largest absolute Gasteiger partial charge is 0.324 e. The molecule has 154 valence electrons. The molecule has 0 fully saturated rings. The van der Waals surface area contributed by atoms with E-state index in [1.165, 1.54) is 6.07 Å². The second-order valence-corrected chi connectivity index (χ2v) is 7.02. The number of nitrogens with one attached hydrogen (secondary N) is 3. The second kappa shape index (κ2) is 8.58. The maximum atomic E-state index is 12.8. The van der Waals surface area contributed by atoms with Crippen LogP contribution in [-0.4, -0.2) is 26.1 Å². The van der Waals surface area contributed by atoms with Crippen LogP contribution in [0.1, 0.15) is 21.7 Å². The average molecular weight is 412 g/mol. The van der Waals surface area contributed by atoms with Crippen LogP contribution in [0.15, 0.2) is 71.5 Å². The minimum atomic E-state index is -0.270. The molecule has 31 heavy (non-hydrogen) atoms. The van der Waals surface area contributed by atoms with Crippen LogP contribution in [0, 0.1) is 13.8 Å². The van der Waals surface area contributed by atoms with Crippen LogP contribution in [0.2, 0.25) is 0 Å². The summed E-state index contributed by atoms with van der Waals surface area (Å²) < 4.78 is 0. The van der Waals surface area contributed by atoms with E-state index >= 15 is 0 Å². The van der Waals surface area contributed by atoms with Crippen molar-refractivity contribution in [2.45, 2.75) is 13.8 Å². The van der Waals surface area contributed by atoms with E-state index in [4.69, 9.17) is 0 Å². The van der Waals surface area contributed by atoms with Crippen molar-refractivity contribution in [3.63, 3.8) is 0 Å². The third-order valence-corrected chi connectivity index (χ3v) is 4.46. The van der Waals surface area contributed by atoms with Gasteiger partial charge >= 0.3 is 0 Å². The number of hydrogen-bond acceptors (Lipinski definition) is 6. The van der Waals surface area contributed by atoms with Gasteiger partial charge in [-0.25, -0.2) is 15.1 Å². The quantitative estimate of drug-likeness (QED) is 0.459. The monoisotopic (exact) mass is 412 g/mol. The Balaban J connectivity index is 1.51. The van der Waals surface area contributed by atoms with E-state index < -0.39 is 0 Å².